The molecule has 1 atom stereocenters. The molecule has 0 fully saturated rings. The molecule has 0 rings (SSSR count). The monoisotopic (exact) mass is 189 g/mol. The highest BCUT2D eigenvalue weighted by Gasteiger charge is 2.02. The lowest BCUT2D eigenvalue weighted by atomic mass is 10.4. The average Bonchev–Trinajstić information content (AvgIpc) is 2.04. The van der Waals surface area contributed by atoms with E-state index in [1.165, 1.54) is 0 Å². The van der Waals surface area contributed by atoms with Crippen molar-refractivity contribution in [2.24, 2.45) is 5.73 Å². The molecule has 0 heterocycles. The summed E-state index contributed by atoms with van der Waals surface area (Å²) in [6.07, 6.45) is 0.897. The van der Waals surface area contributed by atoms with E-state index in [1.54, 1.807) is 6.08 Å². The molecule has 0 spiro atoms. The van der Waals surface area contributed by atoms with Gasteiger partial charge in [-0.1, -0.05) is 6.08 Å². The first-order valence-electron chi connectivity index (χ1n) is 3.81. The van der Waals surface area contributed by atoms with E-state index in [2.05, 4.69) is 17.4 Å². The van der Waals surface area contributed by atoms with Gasteiger partial charge in [-0.3, -0.25) is 5.43 Å². The van der Waals surface area contributed by atoms with E-state index in [0.29, 0.717) is 6.61 Å². The average molecular weight is 189 g/mol. The Morgan fingerprint density at radius 1 is 1.77 bits per heavy atom. The fraction of sp³-hybridized carbons (Fsp3) is 0.571. The number of nitrogens with two attached hydrogens (primary N) is 1. The van der Waals surface area contributed by atoms with E-state index in [0.717, 1.165) is 0 Å². The number of amides is 2. The Morgan fingerprint density at radius 3 is 3.00 bits per heavy atom. The number of carbonyl (C=O) groups is 1. The van der Waals surface area contributed by atoms with Crippen molar-refractivity contribution in [1.29, 1.82) is 0 Å². The lowest BCUT2D eigenvalue weighted by Gasteiger charge is -2.11. The number of nitrogens with one attached hydrogen (secondary N) is 2. The van der Waals surface area contributed by atoms with Gasteiger partial charge in [0.05, 0.1) is 19.3 Å². The predicted octanol–water partition coefficient (Wildman–Crippen LogP) is -1.28. The largest absolute Gasteiger partial charge is 0.389 e. The third kappa shape index (κ3) is 8.80. The molecule has 0 aromatic carbocycles. The summed E-state index contributed by atoms with van der Waals surface area (Å²) in [6, 6.07) is -0.695. The van der Waals surface area contributed by atoms with Crippen LogP contribution in [0.15, 0.2) is 12.7 Å². The van der Waals surface area contributed by atoms with Crippen LogP contribution in [-0.2, 0) is 4.74 Å². The summed E-state index contributed by atoms with van der Waals surface area (Å²) in [5, 5.41) is 9.17. The standard InChI is InChI=1S/C7H15N3O3/c1-2-3-13-5-6(11)4-9-10-7(8)12/h2,6,9,11H,1,3-5H2,(H3,8,10,12). The zero-order chi connectivity index (χ0) is 10.1. The molecular formula is C7H15N3O3. The van der Waals surface area contributed by atoms with Gasteiger partial charge in [-0.05, 0) is 0 Å². The van der Waals surface area contributed by atoms with Crippen LogP contribution in [0, 0.1) is 0 Å². The van der Waals surface area contributed by atoms with Crippen LogP contribution in [0.3, 0.4) is 0 Å². The quantitative estimate of drug-likeness (QED) is 0.228. The molecule has 6 nitrogen and oxygen atoms in total. The zero-order valence-electron chi connectivity index (χ0n) is 7.32. The van der Waals surface area contributed by atoms with E-state index in [1.807, 2.05) is 0 Å². The first-order chi connectivity index (χ1) is 6.16. The molecule has 0 aliphatic heterocycles. The molecule has 6 heteroatoms. The normalized spacial score (nSPS) is 12.1. The number of primary amides is 1. The maximum Gasteiger partial charge on any atom is 0.326 e. The molecule has 0 saturated carbocycles. The van der Waals surface area contributed by atoms with Crippen LogP contribution >= 0.6 is 0 Å². The van der Waals surface area contributed by atoms with Gasteiger partial charge in [-0.2, -0.15) is 0 Å². The molecule has 76 valence electrons. The Labute approximate surface area is 76.7 Å². The maximum absolute atomic E-state index is 10.2. The molecule has 0 radical (unpaired) electrons. The Hall–Kier alpha value is -1.11. The molecule has 2 amide bonds. The van der Waals surface area contributed by atoms with Crippen molar-refractivity contribution in [2.75, 3.05) is 19.8 Å². The highest BCUT2D eigenvalue weighted by atomic mass is 16.5. The van der Waals surface area contributed by atoms with Gasteiger partial charge in [0.1, 0.15) is 0 Å². The Bertz CT molecular complexity index is 163. The summed E-state index contributed by atoms with van der Waals surface area (Å²) in [5.74, 6) is 0. The number of aliphatic hydroxyl groups is 1. The minimum atomic E-state index is -0.695. The lowest BCUT2D eigenvalue weighted by Crippen LogP contribution is -2.45. The van der Waals surface area contributed by atoms with Gasteiger partial charge in [0.2, 0.25) is 0 Å². The number of rotatable bonds is 7. The van der Waals surface area contributed by atoms with Crippen molar-refractivity contribution in [3.05, 3.63) is 12.7 Å². The number of ether oxygens (including phenoxy) is 1. The smallest absolute Gasteiger partial charge is 0.326 e. The number of hydrogen-bond donors (Lipinski definition) is 4. The Morgan fingerprint density at radius 2 is 2.46 bits per heavy atom. The van der Waals surface area contributed by atoms with Gasteiger partial charge < -0.3 is 15.6 Å². The number of aliphatic hydroxyl groups excluding tert-OH is 1. The molecule has 0 aliphatic carbocycles. The van der Waals surface area contributed by atoms with Gasteiger partial charge in [0, 0.05) is 6.54 Å². The van der Waals surface area contributed by atoms with Gasteiger partial charge in [-0.25, -0.2) is 10.2 Å². The summed E-state index contributed by atoms with van der Waals surface area (Å²) < 4.78 is 4.95. The minimum absolute atomic E-state index is 0.180. The van der Waals surface area contributed by atoms with E-state index >= 15 is 0 Å². The molecule has 0 aliphatic rings. The van der Waals surface area contributed by atoms with Gasteiger partial charge in [-0.15, -0.1) is 6.58 Å². The van der Waals surface area contributed by atoms with Crippen molar-refractivity contribution in [2.45, 2.75) is 6.10 Å². The van der Waals surface area contributed by atoms with Crippen LogP contribution in [0.4, 0.5) is 4.79 Å². The highest BCUT2D eigenvalue weighted by molar-refractivity contribution is 5.70. The van der Waals surface area contributed by atoms with Crippen molar-refractivity contribution in [3.8, 4) is 0 Å². The Kier molecular flexibility index (Phi) is 6.89. The van der Waals surface area contributed by atoms with Crippen molar-refractivity contribution in [1.82, 2.24) is 10.9 Å². The van der Waals surface area contributed by atoms with Crippen LogP contribution in [0.5, 0.6) is 0 Å². The minimum Gasteiger partial charge on any atom is -0.389 e. The van der Waals surface area contributed by atoms with Crippen molar-refractivity contribution < 1.29 is 14.6 Å². The third-order valence-electron chi connectivity index (χ3n) is 1.10. The molecule has 0 bridgehead atoms. The van der Waals surface area contributed by atoms with Crippen LogP contribution in [-0.4, -0.2) is 37.0 Å². The molecule has 0 aromatic rings. The van der Waals surface area contributed by atoms with Crippen LogP contribution in [0.25, 0.3) is 0 Å². The fourth-order valence-corrected chi connectivity index (χ4v) is 0.602. The number of hydrazine groups is 1. The summed E-state index contributed by atoms with van der Waals surface area (Å²) in [7, 11) is 0. The number of carbonyl (C=O) groups excluding carboxylic acids is 1. The summed E-state index contributed by atoms with van der Waals surface area (Å²) in [6.45, 7) is 4.20. The molecule has 0 aromatic heterocycles. The van der Waals surface area contributed by atoms with Gasteiger partial charge in [0.25, 0.3) is 0 Å². The van der Waals surface area contributed by atoms with Gasteiger partial charge >= 0.3 is 6.03 Å². The molecular weight excluding hydrogens is 174 g/mol. The molecule has 5 N–H and O–H groups in total. The summed E-state index contributed by atoms with van der Waals surface area (Å²) >= 11 is 0. The maximum atomic E-state index is 10.2. The van der Waals surface area contributed by atoms with E-state index < -0.39 is 12.1 Å². The van der Waals surface area contributed by atoms with Crippen molar-refractivity contribution >= 4 is 6.03 Å². The van der Waals surface area contributed by atoms with Crippen LogP contribution in [0.2, 0.25) is 0 Å². The molecule has 1 unspecified atom stereocenters. The van der Waals surface area contributed by atoms with Crippen LogP contribution < -0.4 is 16.6 Å². The molecule has 13 heavy (non-hydrogen) atoms. The first kappa shape index (κ1) is 11.9. The third-order valence-corrected chi connectivity index (χ3v) is 1.10. The number of hydrogen-bond acceptors (Lipinski definition) is 4. The van der Waals surface area contributed by atoms with Gasteiger partial charge in [0.15, 0.2) is 0 Å². The molecule has 0 saturated heterocycles. The first-order valence-corrected chi connectivity index (χ1v) is 3.81. The second-order valence-corrected chi connectivity index (χ2v) is 2.35. The topological polar surface area (TPSA) is 96.6 Å². The number of urea groups is 1. The van der Waals surface area contributed by atoms with Crippen molar-refractivity contribution in [3.63, 3.8) is 0 Å². The summed E-state index contributed by atoms with van der Waals surface area (Å²) in [5.41, 5.74) is 9.31. The zero-order valence-corrected chi connectivity index (χ0v) is 7.32. The fourth-order valence-electron chi connectivity index (χ4n) is 0.602. The SMILES string of the molecule is C=CCOCC(O)CNNC(N)=O. The second kappa shape index (κ2) is 7.53. The Balaban J connectivity index is 3.24. The second-order valence-electron chi connectivity index (χ2n) is 2.35. The lowest BCUT2D eigenvalue weighted by molar-refractivity contribution is 0.0482. The van der Waals surface area contributed by atoms with E-state index in [4.69, 9.17) is 10.5 Å². The predicted molar refractivity (Wildman–Crippen MR) is 47.7 cm³/mol. The summed E-state index contributed by atoms with van der Waals surface area (Å²) in [4.78, 5) is 10.2. The van der Waals surface area contributed by atoms with Crippen LogP contribution in [0.1, 0.15) is 0 Å². The highest BCUT2D eigenvalue weighted by Crippen LogP contribution is 1.83. The van der Waals surface area contributed by atoms with E-state index in [-0.39, 0.29) is 13.2 Å². The van der Waals surface area contributed by atoms with E-state index in [9.17, 15) is 9.90 Å².